The lowest BCUT2D eigenvalue weighted by Gasteiger charge is -2.21. The molecule has 2 aromatic rings. The van der Waals surface area contributed by atoms with E-state index in [0.29, 0.717) is 6.61 Å². The van der Waals surface area contributed by atoms with Crippen molar-refractivity contribution in [2.24, 2.45) is 0 Å². The third-order valence-electron chi connectivity index (χ3n) is 4.99. The number of hydrogen-bond acceptors (Lipinski definition) is 3. The van der Waals surface area contributed by atoms with Crippen molar-refractivity contribution in [1.29, 1.82) is 0 Å². The third kappa shape index (κ3) is 3.39. The van der Waals surface area contributed by atoms with Crippen molar-refractivity contribution in [3.8, 4) is 0 Å². The maximum atomic E-state index is 13.1. The Bertz CT molecular complexity index is 789. The van der Waals surface area contributed by atoms with Gasteiger partial charge < -0.3 is 9.30 Å². The first-order chi connectivity index (χ1) is 12.0. The first-order valence-electron chi connectivity index (χ1n) is 8.96. The molecule has 132 valence electrons. The molecule has 0 radical (unpaired) electrons. The van der Waals surface area contributed by atoms with Crippen molar-refractivity contribution in [1.82, 2.24) is 4.57 Å². The highest BCUT2D eigenvalue weighted by Crippen LogP contribution is 2.33. The van der Waals surface area contributed by atoms with Crippen LogP contribution in [-0.2, 0) is 22.4 Å². The Morgan fingerprint density at radius 1 is 1.16 bits per heavy atom. The molecular formula is C21H25NO3. The van der Waals surface area contributed by atoms with Gasteiger partial charge >= 0.3 is 5.97 Å². The van der Waals surface area contributed by atoms with Gasteiger partial charge in [-0.15, -0.1) is 0 Å². The van der Waals surface area contributed by atoms with Gasteiger partial charge in [-0.2, -0.15) is 0 Å². The van der Waals surface area contributed by atoms with Crippen molar-refractivity contribution < 1.29 is 14.3 Å². The van der Waals surface area contributed by atoms with Gasteiger partial charge in [0.15, 0.2) is 5.78 Å². The predicted octanol–water partition coefficient (Wildman–Crippen LogP) is 4.03. The van der Waals surface area contributed by atoms with Crippen LogP contribution in [0, 0.1) is 6.92 Å². The molecule has 0 N–H and O–H groups in total. The summed E-state index contributed by atoms with van der Waals surface area (Å²) in [4.78, 5) is 24.3. The first-order valence-corrected chi connectivity index (χ1v) is 8.96. The molecule has 0 fully saturated rings. The number of esters is 1. The number of nitrogens with zero attached hydrogens (tertiary/aromatic N) is 1. The summed E-state index contributed by atoms with van der Waals surface area (Å²) < 4.78 is 7.43. The summed E-state index contributed by atoms with van der Waals surface area (Å²) in [6.07, 6.45) is 4.17. The van der Waals surface area contributed by atoms with Crippen LogP contribution in [-0.4, -0.2) is 22.9 Å². The van der Waals surface area contributed by atoms with Crippen LogP contribution >= 0.6 is 0 Å². The van der Waals surface area contributed by atoms with Crippen LogP contribution in [0.15, 0.2) is 30.3 Å². The summed E-state index contributed by atoms with van der Waals surface area (Å²) in [5, 5.41) is 0. The second kappa shape index (κ2) is 7.26. The zero-order chi connectivity index (χ0) is 18.0. The van der Waals surface area contributed by atoms with Crippen LogP contribution in [0.4, 0.5) is 0 Å². The van der Waals surface area contributed by atoms with Crippen molar-refractivity contribution in [2.75, 3.05) is 6.61 Å². The molecule has 4 heteroatoms. The molecule has 0 saturated heterocycles. The van der Waals surface area contributed by atoms with Gasteiger partial charge in [-0.05, 0) is 45.1 Å². The first kappa shape index (κ1) is 17.5. The van der Waals surface area contributed by atoms with E-state index in [2.05, 4.69) is 4.57 Å². The molecule has 3 rings (SSSR count). The van der Waals surface area contributed by atoms with Crippen molar-refractivity contribution in [3.05, 3.63) is 58.4 Å². The molecule has 0 spiro atoms. The predicted molar refractivity (Wildman–Crippen MR) is 97.0 cm³/mol. The largest absolute Gasteiger partial charge is 0.464 e. The van der Waals surface area contributed by atoms with E-state index in [9.17, 15) is 9.59 Å². The Hall–Kier alpha value is -2.36. The summed E-state index contributed by atoms with van der Waals surface area (Å²) in [7, 11) is 0. The van der Waals surface area contributed by atoms with E-state index >= 15 is 0 Å². The molecule has 4 nitrogen and oxygen atoms in total. The molecule has 1 aromatic heterocycles. The van der Waals surface area contributed by atoms with Gasteiger partial charge in [-0.25, -0.2) is 0 Å². The number of rotatable bonds is 5. The third-order valence-corrected chi connectivity index (χ3v) is 4.99. The minimum atomic E-state index is -0.272. The number of fused-ring (bicyclic) bond motifs is 1. The molecule has 0 aliphatic heterocycles. The SMILES string of the molecule is CC(=O)OCC(C)n1c(C)c(C(=O)c2ccccc2)c2c1CCCC2. The average molecular weight is 339 g/mol. The zero-order valence-electron chi connectivity index (χ0n) is 15.2. The van der Waals surface area contributed by atoms with E-state index in [1.165, 1.54) is 18.2 Å². The van der Waals surface area contributed by atoms with E-state index in [1.54, 1.807) is 0 Å². The van der Waals surface area contributed by atoms with E-state index in [-0.39, 0.29) is 17.8 Å². The Morgan fingerprint density at radius 2 is 1.84 bits per heavy atom. The molecule has 0 amide bonds. The molecule has 1 unspecified atom stereocenters. The molecule has 1 aliphatic rings. The fourth-order valence-electron chi connectivity index (χ4n) is 3.91. The fraction of sp³-hybridized carbons (Fsp3) is 0.429. The standard InChI is InChI=1S/C21H25NO3/c1-14(13-25-16(3)23)22-15(2)20(18-11-7-8-12-19(18)22)21(24)17-9-5-4-6-10-17/h4-6,9-10,14H,7-8,11-13H2,1-3H3. The second-order valence-corrected chi connectivity index (χ2v) is 6.81. The van der Waals surface area contributed by atoms with E-state index < -0.39 is 0 Å². The Labute approximate surface area is 148 Å². The van der Waals surface area contributed by atoms with Crippen molar-refractivity contribution in [2.45, 2.75) is 52.5 Å². The highest BCUT2D eigenvalue weighted by Gasteiger charge is 2.29. The highest BCUT2D eigenvalue weighted by atomic mass is 16.5. The van der Waals surface area contributed by atoms with E-state index in [0.717, 1.165) is 42.5 Å². The smallest absolute Gasteiger partial charge is 0.302 e. The maximum absolute atomic E-state index is 13.1. The van der Waals surface area contributed by atoms with Crippen LogP contribution in [0.3, 0.4) is 0 Å². The average Bonchev–Trinajstić information content (AvgIpc) is 2.91. The Kier molecular flexibility index (Phi) is 5.07. The minimum Gasteiger partial charge on any atom is -0.464 e. The summed E-state index contributed by atoms with van der Waals surface area (Å²) in [6, 6.07) is 9.48. The van der Waals surface area contributed by atoms with E-state index in [4.69, 9.17) is 4.74 Å². The Morgan fingerprint density at radius 3 is 2.52 bits per heavy atom. The molecule has 1 atom stereocenters. The number of hydrogen-bond donors (Lipinski definition) is 0. The van der Waals surface area contributed by atoms with Gasteiger partial charge in [0.2, 0.25) is 0 Å². The number of aromatic nitrogens is 1. The lowest BCUT2D eigenvalue weighted by atomic mass is 9.91. The maximum Gasteiger partial charge on any atom is 0.302 e. The zero-order valence-corrected chi connectivity index (χ0v) is 15.2. The summed E-state index contributed by atoms with van der Waals surface area (Å²) >= 11 is 0. The highest BCUT2D eigenvalue weighted by molar-refractivity contribution is 6.11. The second-order valence-electron chi connectivity index (χ2n) is 6.81. The van der Waals surface area contributed by atoms with Crippen molar-refractivity contribution in [3.63, 3.8) is 0 Å². The molecule has 0 saturated carbocycles. The van der Waals surface area contributed by atoms with Gasteiger partial charge in [-0.3, -0.25) is 9.59 Å². The Balaban J connectivity index is 2.04. The lowest BCUT2D eigenvalue weighted by molar-refractivity contribution is -0.141. The number of ketones is 1. The van der Waals surface area contributed by atoms with Crippen LogP contribution < -0.4 is 0 Å². The molecule has 1 aliphatic carbocycles. The molecule has 25 heavy (non-hydrogen) atoms. The molecule has 1 heterocycles. The van der Waals surface area contributed by atoms with Gasteiger partial charge in [0.25, 0.3) is 0 Å². The number of benzene rings is 1. The summed E-state index contributed by atoms with van der Waals surface area (Å²) in [5.41, 5.74) is 4.98. The van der Waals surface area contributed by atoms with Gasteiger partial charge in [0.1, 0.15) is 6.61 Å². The quantitative estimate of drug-likeness (QED) is 0.610. The molecule has 0 bridgehead atoms. The van der Waals surface area contributed by atoms with Crippen LogP contribution in [0.25, 0.3) is 0 Å². The normalized spacial score (nSPS) is 14.7. The fourth-order valence-corrected chi connectivity index (χ4v) is 3.91. The van der Waals surface area contributed by atoms with Crippen LogP contribution in [0.5, 0.6) is 0 Å². The van der Waals surface area contributed by atoms with Gasteiger partial charge in [0, 0.05) is 29.4 Å². The number of carbonyl (C=O) groups is 2. The number of carbonyl (C=O) groups excluding carboxylic acids is 2. The molecular weight excluding hydrogens is 314 g/mol. The van der Waals surface area contributed by atoms with E-state index in [1.807, 2.05) is 44.2 Å². The van der Waals surface area contributed by atoms with Gasteiger partial charge in [-0.1, -0.05) is 30.3 Å². The van der Waals surface area contributed by atoms with Crippen LogP contribution in [0.1, 0.15) is 65.6 Å². The topological polar surface area (TPSA) is 48.3 Å². The van der Waals surface area contributed by atoms with Gasteiger partial charge in [0.05, 0.1) is 6.04 Å². The number of ether oxygens (including phenoxy) is 1. The monoisotopic (exact) mass is 339 g/mol. The van der Waals surface area contributed by atoms with Crippen LogP contribution in [0.2, 0.25) is 0 Å². The molecule has 1 aromatic carbocycles. The minimum absolute atomic E-state index is 0.0214. The lowest BCUT2D eigenvalue weighted by Crippen LogP contribution is -2.19. The van der Waals surface area contributed by atoms with Crippen molar-refractivity contribution >= 4 is 11.8 Å². The summed E-state index contributed by atoms with van der Waals surface area (Å²) in [6.45, 7) is 5.81. The summed E-state index contributed by atoms with van der Waals surface area (Å²) in [5.74, 6) is -0.180.